The number of nitrogens with one attached hydrogen (secondary N) is 1. The van der Waals surface area contributed by atoms with Crippen molar-refractivity contribution in [3.63, 3.8) is 0 Å². The molecule has 174 valence electrons. The van der Waals surface area contributed by atoms with Crippen LogP contribution in [0.3, 0.4) is 0 Å². The molecule has 0 radical (unpaired) electrons. The molecule has 2 N–H and O–H groups in total. The number of hydrogen-bond acceptors (Lipinski definition) is 5. The molecule has 0 bridgehead atoms. The highest BCUT2D eigenvalue weighted by molar-refractivity contribution is 8.00. The fourth-order valence-electron chi connectivity index (χ4n) is 4.42. The molecule has 4 rings (SSSR count). The first-order chi connectivity index (χ1) is 16.0. The lowest BCUT2D eigenvalue weighted by Crippen LogP contribution is -2.44. The monoisotopic (exact) mass is 468 g/mol. The summed E-state index contributed by atoms with van der Waals surface area (Å²) in [5.41, 5.74) is 4.72. The minimum absolute atomic E-state index is 0.0253. The Hall–Kier alpha value is -3.00. The number of benzene rings is 2. The number of hydrogen-bond donors (Lipinski definition) is 2. The summed E-state index contributed by atoms with van der Waals surface area (Å²) in [6.45, 7) is 1.55. The molecule has 1 aliphatic carbocycles. The second-order valence-corrected chi connectivity index (χ2v) is 9.56. The number of carbonyl (C=O) groups excluding carboxylic acids is 2. The van der Waals surface area contributed by atoms with E-state index in [2.05, 4.69) is 29.6 Å². The van der Waals surface area contributed by atoms with E-state index in [0.29, 0.717) is 38.1 Å². The van der Waals surface area contributed by atoms with Gasteiger partial charge in [-0.15, -0.1) is 11.8 Å². The number of ether oxygens (including phenoxy) is 1. The van der Waals surface area contributed by atoms with Gasteiger partial charge in [-0.2, -0.15) is 0 Å². The Morgan fingerprint density at radius 3 is 2.36 bits per heavy atom. The van der Waals surface area contributed by atoms with E-state index in [9.17, 15) is 14.4 Å². The first-order valence-electron chi connectivity index (χ1n) is 11.3. The van der Waals surface area contributed by atoms with Crippen molar-refractivity contribution in [2.45, 2.75) is 30.4 Å². The van der Waals surface area contributed by atoms with Gasteiger partial charge in [0.2, 0.25) is 5.91 Å². The van der Waals surface area contributed by atoms with Crippen LogP contribution in [0.4, 0.5) is 4.79 Å². The van der Waals surface area contributed by atoms with Gasteiger partial charge < -0.3 is 20.1 Å². The lowest BCUT2D eigenvalue weighted by molar-refractivity contribution is -0.138. The maximum absolute atomic E-state index is 12.3. The molecule has 2 amide bonds. The molecule has 0 saturated carbocycles. The van der Waals surface area contributed by atoms with Gasteiger partial charge in [-0.25, -0.2) is 4.79 Å². The van der Waals surface area contributed by atoms with Gasteiger partial charge in [-0.05, 0) is 35.1 Å². The summed E-state index contributed by atoms with van der Waals surface area (Å²) in [5.74, 6) is -0.225. The lowest BCUT2D eigenvalue weighted by atomic mass is 9.98. The number of thioether (sulfide) groups is 1. The highest BCUT2D eigenvalue weighted by Crippen LogP contribution is 2.44. The molecule has 0 spiro atoms. The van der Waals surface area contributed by atoms with Crippen molar-refractivity contribution in [1.82, 2.24) is 10.2 Å². The molecule has 8 heteroatoms. The standard InChI is InChI=1S/C25H28N2O5S/c28-23(27-13-14-33-22(15-27)24(29)30)11-5-6-12-26-25(31)32-16-21-19-9-3-1-7-17(19)18-8-2-4-10-20(18)21/h1-4,7-10,21-22H,5-6,11-16H2,(H,26,31)(H,29,30). The molecule has 1 aliphatic heterocycles. The maximum Gasteiger partial charge on any atom is 0.407 e. The Bertz CT molecular complexity index is 982. The van der Waals surface area contributed by atoms with Crippen LogP contribution in [0, 0.1) is 0 Å². The van der Waals surface area contributed by atoms with E-state index in [0.717, 1.165) is 0 Å². The summed E-state index contributed by atoms with van der Waals surface area (Å²) in [6, 6.07) is 16.4. The maximum atomic E-state index is 12.3. The zero-order chi connectivity index (χ0) is 23.2. The summed E-state index contributed by atoms with van der Waals surface area (Å²) in [5, 5.41) is 11.4. The number of alkyl carbamates (subject to hydrolysis) is 1. The molecular formula is C25H28N2O5S. The number of rotatable bonds is 8. The van der Waals surface area contributed by atoms with Crippen molar-refractivity contribution in [3.05, 3.63) is 59.7 Å². The van der Waals surface area contributed by atoms with Crippen LogP contribution < -0.4 is 5.32 Å². The van der Waals surface area contributed by atoms with Crippen LogP contribution in [0.15, 0.2) is 48.5 Å². The molecule has 0 aromatic heterocycles. The van der Waals surface area contributed by atoms with Gasteiger partial charge in [0, 0.05) is 37.7 Å². The van der Waals surface area contributed by atoms with E-state index in [1.54, 1.807) is 4.90 Å². The Balaban J connectivity index is 1.17. The summed E-state index contributed by atoms with van der Waals surface area (Å²) < 4.78 is 5.51. The second-order valence-electron chi connectivity index (χ2n) is 8.25. The number of carboxylic acid groups (broad SMARTS) is 1. The highest BCUT2D eigenvalue weighted by atomic mass is 32.2. The summed E-state index contributed by atoms with van der Waals surface area (Å²) in [4.78, 5) is 37.3. The Labute approximate surface area is 197 Å². The van der Waals surface area contributed by atoms with E-state index in [4.69, 9.17) is 9.84 Å². The average molecular weight is 469 g/mol. The largest absolute Gasteiger partial charge is 0.480 e. The number of amides is 2. The van der Waals surface area contributed by atoms with Crippen molar-refractivity contribution < 1.29 is 24.2 Å². The van der Waals surface area contributed by atoms with Crippen molar-refractivity contribution >= 4 is 29.7 Å². The molecule has 7 nitrogen and oxygen atoms in total. The highest BCUT2D eigenvalue weighted by Gasteiger charge is 2.29. The van der Waals surface area contributed by atoms with Crippen LogP contribution in [0.5, 0.6) is 0 Å². The van der Waals surface area contributed by atoms with Gasteiger partial charge >= 0.3 is 12.1 Å². The fraction of sp³-hybridized carbons (Fsp3) is 0.400. The quantitative estimate of drug-likeness (QED) is 0.573. The van der Waals surface area contributed by atoms with Gasteiger partial charge in [0.25, 0.3) is 0 Å². The fourth-order valence-corrected chi connectivity index (χ4v) is 5.46. The van der Waals surface area contributed by atoms with E-state index >= 15 is 0 Å². The first-order valence-corrected chi connectivity index (χ1v) is 12.3. The van der Waals surface area contributed by atoms with Crippen molar-refractivity contribution in [1.29, 1.82) is 0 Å². The summed E-state index contributed by atoms with van der Waals surface area (Å²) in [6.07, 6.45) is 1.18. The van der Waals surface area contributed by atoms with Crippen molar-refractivity contribution in [3.8, 4) is 11.1 Å². The van der Waals surface area contributed by atoms with Crippen LogP contribution in [0.25, 0.3) is 11.1 Å². The molecule has 1 saturated heterocycles. The van der Waals surface area contributed by atoms with Crippen molar-refractivity contribution in [2.24, 2.45) is 0 Å². The number of aliphatic carboxylic acids is 1. The van der Waals surface area contributed by atoms with E-state index < -0.39 is 17.3 Å². The molecule has 2 aliphatic rings. The van der Waals surface area contributed by atoms with Gasteiger partial charge in [-0.3, -0.25) is 9.59 Å². The van der Waals surface area contributed by atoms with Gasteiger partial charge in [0.15, 0.2) is 0 Å². The average Bonchev–Trinajstić information content (AvgIpc) is 3.16. The van der Waals surface area contributed by atoms with Gasteiger partial charge in [0.05, 0.1) is 0 Å². The molecule has 2 aromatic rings. The predicted molar refractivity (Wildman–Crippen MR) is 127 cm³/mol. The number of unbranched alkanes of at least 4 members (excludes halogenated alkanes) is 1. The minimum Gasteiger partial charge on any atom is -0.480 e. The third-order valence-electron chi connectivity index (χ3n) is 6.13. The molecular weight excluding hydrogens is 440 g/mol. The Morgan fingerprint density at radius 1 is 1.03 bits per heavy atom. The molecule has 1 atom stereocenters. The molecule has 2 aromatic carbocycles. The third kappa shape index (κ3) is 5.50. The van der Waals surface area contributed by atoms with Crippen molar-refractivity contribution in [2.75, 3.05) is 32.0 Å². The van der Waals surface area contributed by atoms with E-state index in [-0.39, 0.29) is 25.0 Å². The first kappa shape index (κ1) is 23.2. The van der Waals surface area contributed by atoms with Gasteiger partial charge in [-0.1, -0.05) is 48.5 Å². The zero-order valence-corrected chi connectivity index (χ0v) is 19.2. The topological polar surface area (TPSA) is 95.9 Å². The summed E-state index contributed by atoms with van der Waals surface area (Å²) in [7, 11) is 0. The normalized spacial score (nSPS) is 17.2. The van der Waals surface area contributed by atoms with Crippen LogP contribution in [-0.4, -0.2) is 65.2 Å². The van der Waals surface area contributed by atoms with Crippen LogP contribution in [-0.2, 0) is 14.3 Å². The number of carboxylic acids is 1. The number of carbonyl (C=O) groups is 3. The smallest absolute Gasteiger partial charge is 0.407 e. The number of fused-ring (bicyclic) bond motifs is 3. The van der Waals surface area contributed by atoms with Crippen LogP contribution in [0.2, 0.25) is 0 Å². The van der Waals surface area contributed by atoms with E-state index in [1.165, 1.54) is 34.0 Å². The summed E-state index contributed by atoms with van der Waals surface area (Å²) >= 11 is 1.38. The number of nitrogens with zero attached hydrogens (tertiary/aromatic N) is 1. The minimum atomic E-state index is -0.871. The molecule has 1 fully saturated rings. The molecule has 1 heterocycles. The second kappa shape index (κ2) is 10.7. The lowest BCUT2D eigenvalue weighted by Gasteiger charge is -2.30. The zero-order valence-electron chi connectivity index (χ0n) is 18.4. The Morgan fingerprint density at radius 2 is 1.70 bits per heavy atom. The van der Waals surface area contributed by atoms with Crippen LogP contribution >= 0.6 is 11.8 Å². The Kier molecular flexibility index (Phi) is 7.54. The molecule has 33 heavy (non-hydrogen) atoms. The molecule has 1 unspecified atom stereocenters. The van der Waals surface area contributed by atoms with Crippen LogP contribution in [0.1, 0.15) is 36.3 Å². The van der Waals surface area contributed by atoms with E-state index in [1.807, 2.05) is 24.3 Å². The third-order valence-corrected chi connectivity index (χ3v) is 7.30. The van der Waals surface area contributed by atoms with Gasteiger partial charge in [0.1, 0.15) is 11.9 Å². The predicted octanol–water partition coefficient (Wildman–Crippen LogP) is 3.72. The SMILES string of the molecule is O=C(NCCCCC(=O)N1CCSC(C(=O)O)C1)OCC1c2ccccc2-c2ccccc21.